The molecule has 5 heteroatoms. The average Bonchev–Trinajstić information content (AvgIpc) is 2.90. The molecule has 1 heterocycles. The van der Waals surface area contributed by atoms with Crippen LogP contribution in [0.5, 0.6) is 0 Å². The molecule has 1 atom stereocenters. The Morgan fingerprint density at radius 2 is 1.71 bits per heavy atom. The maximum absolute atomic E-state index is 12.5. The van der Waals surface area contributed by atoms with E-state index >= 15 is 0 Å². The van der Waals surface area contributed by atoms with Gasteiger partial charge in [0.25, 0.3) is 0 Å². The average molecular weight is 301 g/mol. The molecule has 2 N–H and O–H groups in total. The summed E-state index contributed by atoms with van der Waals surface area (Å²) in [5, 5.41) is 11.1. The van der Waals surface area contributed by atoms with Crippen LogP contribution in [0.15, 0.2) is 59.6 Å². The lowest BCUT2D eigenvalue weighted by molar-refractivity contribution is 0.256. The zero-order valence-electron chi connectivity index (χ0n) is 11.4. The molecule has 1 aromatic heterocycles. The molecule has 4 nitrogen and oxygen atoms in total. The smallest absolute Gasteiger partial charge is 0.209 e. The fraction of sp³-hybridized carbons (Fsp3) is 0.125. The van der Waals surface area contributed by atoms with E-state index < -0.39 is 15.3 Å². The summed E-state index contributed by atoms with van der Waals surface area (Å²) >= 11 is 0. The number of sulfone groups is 1. The molecule has 3 rings (SSSR count). The Bertz CT molecular complexity index is 879. The fourth-order valence-electron chi connectivity index (χ4n) is 2.32. The van der Waals surface area contributed by atoms with Gasteiger partial charge in [-0.3, -0.25) is 0 Å². The summed E-state index contributed by atoms with van der Waals surface area (Å²) in [6, 6.07) is 13.8. The number of nitrogens with one attached hydrogen (secondary N) is 1. The van der Waals surface area contributed by atoms with E-state index in [4.69, 9.17) is 0 Å². The molecule has 3 aromatic rings. The van der Waals surface area contributed by atoms with Crippen molar-refractivity contribution in [2.75, 3.05) is 0 Å². The molecule has 0 amide bonds. The van der Waals surface area contributed by atoms with Crippen molar-refractivity contribution in [2.24, 2.45) is 0 Å². The normalized spacial score (nSPS) is 13.4. The van der Waals surface area contributed by atoms with E-state index in [1.165, 1.54) is 12.1 Å². The fourth-order valence-corrected chi connectivity index (χ4v) is 3.62. The quantitative estimate of drug-likeness (QED) is 0.781. The molecule has 0 aliphatic heterocycles. The summed E-state index contributed by atoms with van der Waals surface area (Å²) in [6.07, 6.45) is 1.54. The van der Waals surface area contributed by atoms with Crippen molar-refractivity contribution in [1.82, 2.24) is 4.98 Å². The third-order valence-corrected chi connectivity index (χ3v) is 5.30. The van der Waals surface area contributed by atoms with Gasteiger partial charge in [-0.2, -0.15) is 0 Å². The number of hydrogen-bond donors (Lipinski definition) is 2. The first-order valence-corrected chi connectivity index (χ1v) is 8.09. The van der Waals surface area contributed by atoms with Gasteiger partial charge in [-0.05, 0) is 25.1 Å². The zero-order valence-corrected chi connectivity index (χ0v) is 12.3. The number of aryl methyl sites for hydroxylation is 1. The van der Waals surface area contributed by atoms with E-state index in [0.717, 1.165) is 11.1 Å². The summed E-state index contributed by atoms with van der Waals surface area (Å²) in [4.78, 5) is 3.09. The van der Waals surface area contributed by atoms with Crippen LogP contribution in [0.3, 0.4) is 0 Å². The summed E-state index contributed by atoms with van der Waals surface area (Å²) in [7, 11) is -3.83. The topological polar surface area (TPSA) is 70.2 Å². The Hall–Kier alpha value is -2.11. The number of rotatable bonds is 3. The van der Waals surface area contributed by atoms with Crippen LogP contribution < -0.4 is 0 Å². The van der Waals surface area contributed by atoms with Gasteiger partial charge in [0.2, 0.25) is 9.84 Å². The Kier molecular flexibility index (Phi) is 3.31. The highest BCUT2D eigenvalue weighted by molar-refractivity contribution is 7.91. The van der Waals surface area contributed by atoms with Gasteiger partial charge in [0.15, 0.2) is 5.44 Å². The standard InChI is InChI=1S/C16H15NO3S/c1-11-6-8-12(9-7-11)21(19,20)16(18)14-10-17-15-5-3-2-4-13(14)15/h2-10,16-18H,1H3/t16-/m1/s1. The zero-order chi connectivity index (χ0) is 15.0. The number of benzene rings is 2. The molecule has 0 bridgehead atoms. The van der Waals surface area contributed by atoms with Crippen molar-refractivity contribution < 1.29 is 13.5 Å². The molecular weight excluding hydrogens is 286 g/mol. The summed E-state index contributed by atoms with van der Waals surface area (Å²) < 4.78 is 25.0. The van der Waals surface area contributed by atoms with Gasteiger partial charge in [-0.15, -0.1) is 0 Å². The first-order valence-electron chi connectivity index (χ1n) is 6.55. The molecule has 2 aromatic carbocycles. The second-order valence-electron chi connectivity index (χ2n) is 5.00. The maximum atomic E-state index is 12.5. The SMILES string of the molecule is Cc1ccc(S(=O)(=O)[C@@H](O)c2c[nH]c3ccccc23)cc1. The van der Waals surface area contributed by atoms with Crippen molar-refractivity contribution in [3.63, 3.8) is 0 Å². The number of aromatic amines is 1. The number of para-hydroxylation sites is 1. The van der Waals surface area contributed by atoms with E-state index in [0.29, 0.717) is 10.9 Å². The maximum Gasteiger partial charge on any atom is 0.209 e. The monoisotopic (exact) mass is 301 g/mol. The number of aromatic nitrogens is 1. The number of aliphatic hydroxyl groups excluding tert-OH is 1. The van der Waals surface area contributed by atoms with E-state index in [1.807, 2.05) is 25.1 Å². The van der Waals surface area contributed by atoms with Crippen molar-refractivity contribution >= 4 is 20.7 Å². The molecular formula is C16H15NO3S. The van der Waals surface area contributed by atoms with E-state index in [1.54, 1.807) is 24.4 Å². The molecule has 108 valence electrons. The van der Waals surface area contributed by atoms with Gasteiger partial charge in [0.1, 0.15) is 0 Å². The van der Waals surface area contributed by atoms with E-state index in [2.05, 4.69) is 4.98 Å². The largest absolute Gasteiger partial charge is 0.373 e. The highest BCUT2D eigenvalue weighted by Gasteiger charge is 2.28. The van der Waals surface area contributed by atoms with Gasteiger partial charge in [0.05, 0.1) is 4.90 Å². The lowest BCUT2D eigenvalue weighted by Gasteiger charge is -2.11. The Balaban J connectivity index is 2.08. The van der Waals surface area contributed by atoms with Gasteiger partial charge in [0, 0.05) is 22.7 Å². The minimum Gasteiger partial charge on any atom is -0.373 e. The molecule has 0 fully saturated rings. The van der Waals surface area contributed by atoms with Crippen LogP contribution in [0, 0.1) is 6.92 Å². The van der Waals surface area contributed by atoms with Crippen LogP contribution in [0.4, 0.5) is 0 Å². The first kappa shape index (κ1) is 13.9. The minimum atomic E-state index is -3.83. The van der Waals surface area contributed by atoms with Gasteiger partial charge >= 0.3 is 0 Å². The molecule has 0 aliphatic carbocycles. The summed E-state index contributed by atoms with van der Waals surface area (Å²) in [6.45, 7) is 1.88. The van der Waals surface area contributed by atoms with Crippen LogP contribution in [-0.2, 0) is 9.84 Å². The Morgan fingerprint density at radius 1 is 1.05 bits per heavy atom. The summed E-state index contributed by atoms with van der Waals surface area (Å²) in [5.41, 5.74) is 0.545. The molecule has 0 radical (unpaired) electrons. The third kappa shape index (κ3) is 2.34. The summed E-state index contributed by atoms with van der Waals surface area (Å²) in [5.74, 6) is 0. The van der Waals surface area contributed by atoms with Crippen LogP contribution in [-0.4, -0.2) is 18.5 Å². The van der Waals surface area contributed by atoms with E-state index in [-0.39, 0.29) is 4.90 Å². The Morgan fingerprint density at radius 3 is 2.43 bits per heavy atom. The first-order chi connectivity index (χ1) is 10.00. The second-order valence-corrected chi connectivity index (χ2v) is 7.01. The van der Waals surface area contributed by atoms with Crippen LogP contribution in [0.1, 0.15) is 16.6 Å². The number of aliphatic hydroxyl groups is 1. The van der Waals surface area contributed by atoms with Crippen LogP contribution in [0.2, 0.25) is 0 Å². The van der Waals surface area contributed by atoms with Crippen molar-refractivity contribution in [1.29, 1.82) is 0 Å². The van der Waals surface area contributed by atoms with Gasteiger partial charge in [-0.25, -0.2) is 8.42 Å². The lowest BCUT2D eigenvalue weighted by atomic mass is 10.2. The van der Waals surface area contributed by atoms with E-state index in [9.17, 15) is 13.5 Å². The third-order valence-electron chi connectivity index (χ3n) is 3.53. The van der Waals surface area contributed by atoms with Gasteiger partial charge in [-0.1, -0.05) is 35.9 Å². The minimum absolute atomic E-state index is 0.117. The highest BCUT2D eigenvalue weighted by atomic mass is 32.2. The van der Waals surface area contributed by atoms with Crippen molar-refractivity contribution in [2.45, 2.75) is 17.3 Å². The highest BCUT2D eigenvalue weighted by Crippen LogP contribution is 2.31. The molecule has 0 unspecified atom stereocenters. The van der Waals surface area contributed by atoms with Crippen LogP contribution >= 0.6 is 0 Å². The van der Waals surface area contributed by atoms with Crippen molar-refractivity contribution in [3.8, 4) is 0 Å². The Labute approximate surface area is 123 Å². The molecule has 0 saturated heterocycles. The molecule has 0 saturated carbocycles. The predicted molar refractivity (Wildman–Crippen MR) is 81.6 cm³/mol. The molecule has 0 aliphatic rings. The molecule has 21 heavy (non-hydrogen) atoms. The van der Waals surface area contributed by atoms with Gasteiger partial charge < -0.3 is 10.1 Å². The lowest BCUT2D eigenvalue weighted by Crippen LogP contribution is -2.12. The number of fused-ring (bicyclic) bond motifs is 1. The number of hydrogen-bond acceptors (Lipinski definition) is 3. The molecule has 0 spiro atoms. The van der Waals surface area contributed by atoms with Crippen LogP contribution in [0.25, 0.3) is 10.9 Å². The second kappa shape index (κ2) is 5.02. The predicted octanol–water partition coefficient (Wildman–Crippen LogP) is 2.94. The number of H-pyrrole nitrogens is 1. The van der Waals surface area contributed by atoms with Crippen molar-refractivity contribution in [3.05, 3.63) is 65.9 Å².